The van der Waals surface area contributed by atoms with Crippen molar-refractivity contribution < 1.29 is 4.74 Å². The number of H-pyrrole nitrogens is 1. The van der Waals surface area contributed by atoms with Gasteiger partial charge in [0.15, 0.2) is 0 Å². The van der Waals surface area contributed by atoms with E-state index in [1.807, 2.05) is 54.9 Å². The number of hydrogen-bond acceptors (Lipinski definition) is 4. The number of ether oxygens (including phenoxy) is 1. The van der Waals surface area contributed by atoms with E-state index < -0.39 is 0 Å². The summed E-state index contributed by atoms with van der Waals surface area (Å²) in [5, 5.41) is 12.8. The Morgan fingerprint density at radius 1 is 1.08 bits per heavy atom. The topological polar surface area (TPSA) is 62.8 Å². The molecule has 0 amide bonds. The van der Waals surface area contributed by atoms with Crippen LogP contribution in [0.1, 0.15) is 19.8 Å². The fourth-order valence-electron chi connectivity index (χ4n) is 2.89. The maximum Gasteiger partial charge on any atom is 0.119 e. The third-order valence-electron chi connectivity index (χ3n) is 4.22. The highest BCUT2D eigenvalue weighted by molar-refractivity contribution is 6.10. The van der Waals surface area contributed by atoms with Gasteiger partial charge in [0.25, 0.3) is 0 Å². The molecule has 134 valence electrons. The second-order valence-electron chi connectivity index (χ2n) is 6.00. The molecule has 2 heterocycles. The third-order valence-corrected chi connectivity index (χ3v) is 4.22. The largest absolute Gasteiger partial charge is 0.494 e. The molecule has 0 atom stereocenters. The fraction of sp³-hybridized carbons (Fsp3) is 0.200. The van der Waals surface area contributed by atoms with E-state index in [0.29, 0.717) is 0 Å². The van der Waals surface area contributed by atoms with E-state index in [2.05, 4.69) is 27.4 Å². The summed E-state index contributed by atoms with van der Waals surface area (Å²) >= 11 is 0. The summed E-state index contributed by atoms with van der Waals surface area (Å²) in [6.45, 7) is 2.92. The van der Waals surface area contributed by atoms with Crippen LogP contribution in [0.15, 0.2) is 54.9 Å². The molecule has 2 N–H and O–H groups in total. The van der Waals surface area contributed by atoms with Crippen LogP contribution in [0.2, 0.25) is 0 Å². The van der Waals surface area contributed by atoms with Crippen LogP contribution >= 0.6 is 12.4 Å². The number of fused-ring (bicyclic) bond motifs is 3. The van der Waals surface area contributed by atoms with Crippen LogP contribution in [0.5, 0.6) is 5.75 Å². The average Bonchev–Trinajstić information content (AvgIpc) is 3.12. The molecule has 0 unspecified atom stereocenters. The Morgan fingerprint density at radius 2 is 1.92 bits per heavy atom. The van der Waals surface area contributed by atoms with Crippen LogP contribution in [-0.4, -0.2) is 21.8 Å². The molecule has 0 radical (unpaired) electrons. The number of unbranched alkanes of at least 4 members (excludes halogenated alkanes) is 1. The zero-order valence-corrected chi connectivity index (χ0v) is 15.3. The van der Waals surface area contributed by atoms with Crippen molar-refractivity contribution in [3.63, 3.8) is 0 Å². The van der Waals surface area contributed by atoms with Crippen LogP contribution in [0.25, 0.3) is 21.8 Å². The van der Waals surface area contributed by atoms with Gasteiger partial charge in [0, 0.05) is 22.7 Å². The Balaban J connectivity index is 0.00000196. The van der Waals surface area contributed by atoms with Crippen LogP contribution < -0.4 is 10.1 Å². The molecule has 0 aliphatic heterocycles. The molecule has 26 heavy (non-hydrogen) atoms. The highest BCUT2D eigenvalue weighted by Gasteiger charge is 2.08. The molecule has 0 fully saturated rings. The van der Waals surface area contributed by atoms with E-state index >= 15 is 0 Å². The molecule has 2 aromatic carbocycles. The van der Waals surface area contributed by atoms with Crippen molar-refractivity contribution in [2.24, 2.45) is 0 Å². The van der Waals surface area contributed by atoms with E-state index in [9.17, 15) is 0 Å². The van der Waals surface area contributed by atoms with Gasteiger partial charge in [-0.2, -0.15) is 5.10 Å². The maximum absolute atomic E-state index is 5.72. The quantitative estimate of drug-likeness (QED) is 0.444. The van der Waals surface area contributed by atoms with E-state index in [-0.39, 0.29) is 12.4 Å². The van der Waals surface area contributed by atoms with Gasteiger partial charge in [-0.1, -0.05) is 13.3 Å². The number of nitrogens with zero attached hydrogens (tertiary/aromatic N) is 2. The number of aromatic nitrogens is 3. The second-order valence-corrected chi connectivity index (χ2v) is 6.00. The summed E-state index contributed by atoms with van der Waals surface area (Å²) < 4.78 is 5.72. The zero-order chi connectivity index (χ0) is 17.1. The molecule has 0 bridgehead atoms. The minimum atomic E-state index is 0. The minimum absolute atomic E-state index is 0. The lowest BCUT2D eigenvalue weighted by Gasteiger charge is -2.11. The SMILES string of the molecule is CCCCOc1ccc(Nc2ccnc3ccc4cn[nH]c4c23)cc1.Cl. The van der Waals surface area contributed by atoms with Crippen molar-refractivity contribution in [3.05, 3.63) is 54.9 Å². The number of benzene rings is 2. The lowest BCUT2D eigenvalue weighted by molar-refractivity contribution is 0.309. The Hall–Kier alpha value is -2.79. The first-order chi connectivity index (χ1) is 12.3. The van der Waals surface area contributed by atoms with Crippen molar-refractivity contribution in [2.45, 2.75) is 19.8 Å². The molecule has 0 saturated carbocycles. The van der Waals surface area contributed by atoms with Crippen molar-refractivity contribution in [1.82, 2.24) is 15.2 Å². The van der Waals surface area contributed by atoms with Gasteiger partial charge >= 0.3 is 0 Å². The number of hydrogen-bond donors (Lipinski definition) is 2. The Bertz CT molecular complexity index is 998. The van der Waals surface area contributed by atoms with Gasteiger partial charge in [-0.15, -0.1) is 12.4 Å². The third kappa shape index (κ3) is 3.58. The normalized spacial score (nSPS) is 10.7. The molecule has 6 heteroatoms. The fourth-order valence-corrected chi connectivity index (χ4v) is 2.89. The summed E-state index contributed by atoms with van der Waals surface area (Å²) in [4.78, 5) is 4.46. The molecule has 5 nitrogen and oxygen atoms in total. The van der Waals surface area contributed by atoms with E-state index in [1.165, 1.54) is 0 Å². The van der Waals surface area contributed by atoms with Gasteiger partial charge in [-0.25, -0.2) is 0 Å². The maximum atomic E-state index is 5.72. The number of anilines is 2. The smallest absolute Gasteiger partial charge is 0.119 e. The monoisotopic (exact) mass is 368 g/mol. The Labute approximate surface area is 158 Å². The number of pyridine rings is 1. The van der Waals surface area contributed by atoms with Crippen molar-refractivity contribution in [2.75, 3.05) is 11.9 Å². The van der Waals surface area contributed by atoms with Gasteiger partial charge in [-0.3, -0.25) is 10.1 Å². The molecule has 0 aliphatic rings. The van der Waals surface area contributed by atoms with Gasteiger partial charge in [0.2, 0.25) is 0 Å². The van der Waals surface area contributed by atoms with Gasteiger partial charge in [0.05, 0.1) is 29.5 Å². The molecule has 0 saturated heterocycles. The molecular weight excluding hydrogens is 348 g/mol. The Kier molecular flexibility index (Phi) is 5.58. The minimum Gasteiger partial charge on any atom is -0.494 e. The second kappa shape index (κ2) is 8.06. The summed E-state index contributed by atoms with van der Waals surface area (Å²) in [7, 11) is 0. The first-order valence-electron chi connectivity index (χ1n) is 8.56. The van der Waals surface area contributed by atoms with Crippen LogP contribution in [0.4, 0.5) is 11.4 Å². The van der Waals surface area contributed by atoms with Crippen molar-refractivity contribution in [3.8, 4) is 5.75 Å². The molecule has 4 aromatic rings. The molecule has 0 spiro atoms. The van der Waals surface area contributed by atoms with E-state index in [4.69, 9.17) is 4.74 Å². The summed E-state index contributed by atoms with van der Waals surface area (Å²) in [6, 6.07) is 14.1. The Morgan fingerprint density at radius 3 is 2.73 bits per heavy atom. The van der Waals surface area contributed by atoms with Crippen LogP contribution in [0, 0.1) is 0 Å². The predicted molar refractivity (Wildman–Crippen MR) is 109 cm³/mol. The number of halogens is 1. The zero-order valence-electron chi connectivity index (χ0n) is 14.5. The lowest BCUT2D eigenvalue weighted by atomic mass is 10.1. The first-order valence-corrected chi connectivity index (χ1v) is 8.56. The summed E-state index contributed by atoms with van der Waals surface area (Å²) in [5.41, 5.74) is 3.93. The van der Waals surface area contributed by atoms with Gasteiger partial charge in [0.1, 0.15) is 5.75 Å². The molecular formula is C20H21ClN4O. The number of aromatic amines is 1. The van der Waals surface area contributed by atoms with Gasteiger partial charge in [-0.05, 0) is 48.9 Å². The van der Waals surface area contributed by atoms with Crippen molar-refractivity contribution in [1.29, 1.82) is 0 Å². The average molecular weight is 369 g/mol. The molecule has 2 aromatic heterocycles. The standard InChI is InChI=1S/C20H20N4O.ClH/c1-2-3-12-25-16-7-5-15(6-8-16)23-18-10-11-21-17-9-4-14-13-22-24-20(14)19(17)18;/h4-11,13H,2-3,12H2,1H3,(H,21,23)(H,22,24);1H. The first kappa shape index (κ1) is 18.0. The molecule has 0 aliphatic carbocycles. The summed E-state index contributed by atoms with van der Waals surface area (Å²) in [6.07, 6.45) is 5.85. The number of nitrogens with one attached hydrogen (secondary N) is 2. The van der Waals surface area contributed by atoms with Crippen LogP contribution in [0.3, 0.4) is 0 Å². The van der Waals surface area contributed by atoms with E-state index in [1.54, 1.807) is 0 Å². The summed E-state index contributed by atoms with van der Waals surface area (Å²) in [5.74, 6) is 0.898. The number of rotatable bonds is 6. The van der Waals surface area contributed by atoms with Crippen LogP contribution in [-0.2, 0) is 0 Å². The highest BCUT2D eigenvalue weighted by atomic mass is 35.5. The highest BCUT2D eigenvalue weighted by Crippen LogP contribution is 2.31. The van der Waals surface area contributed by atoms with Gasteiger partial charge < -0.3 is 10.1 Å². The lowest BCUT2D eigenvalue weighted by Crippen LogP contribution is -1.97. The molecule has 4 rings (SSSR count). The predicted octanol–water partition coefficient (Wildman–Crippen LogP) is 5.46. The van der Waals surface area contributed by atoms with E-state index in [0.717, 1.165) is 58.4 Å². The van der Waals surface area contributed by atoms with Crippen molar-refractivity contribution >= 4 is 45.6 Å².